The molecular weight excluding hydrogens is 1770 g/mol. The molecule has 0 bridgehead atoms. The van der Waals surface area contributed by atoms with Crippen LogP contribution in [0.4, 0.5) is 0 Å². The van der Waals surface area contributed by atoms with E-state index in [-0.39, 0.29) is 0 Å². The highest BCUT2D eigenvalue weighted by Gasteiger charge is 2.28. The van der Waals surface area contributed by atoms with E-state index in [0.717, 1.165) is 166 Å². The van der Waals surface area contributed by atoms with E-state index in [4.69, 9.17) is 34.3 Å². The molecule has 0 aliphatic heterocycles. The lowest BCUT2D eigenvalue weighted by molar-refractivity contribution is 0.670. The van der Waals surface area contributed by atoms with Crippen LogP contribution in [0, 0.1) is 0 Å². The normalized spacial score (nSPS) is 11.9. The van der Waals surface area contributed by atoms with Crippen molar-refractivity contribution >= 4 is 206 Å². The first-order valence-electron chi connectivity index (χ1n) is 48.7. The number of furan rings is 1. The highest BCUT2D eigenvalue weighted by molar-refractivity contribution is 7.26. The molecule has 0 saturated heterocycles. The molecule has 9 heterocycles. The molecule has 0 saturated carbocycles. The van der Waals surface area contributed by atoms with Crippen LogP contribution in [0.1, 0.15) is 0 Å². The van der Waals surface area contributed by atoms with Gasteiger partial charge < -0.3 is 8.98 Å². The molecule has 0 fully saturated rings. The third kappa shape index (κ3) is 13.4. The van der Waals surface area contributed by atoms with Crippen molar-refractivity contribution in [1.82, 2.24) is 48.2 Å². The zero-order valence-electron chi connectivity index (χ0n) is 77.5. The molecule has 12 heteroatoms. The van der Waals surface area contributed by atoms with Crippen molar-refractivity contribution in [2.45, 2.75) is 0 Å². The first kappa shape index (κ1) is 82.0. The van der Waals surface area contributed by atoms with Gasteiger partial charge in [-0.05, 0) is 193 Å². The average Bonchev–Trinajstić information content (AvgIpc) is 1.56. The van der Waals surface area contributed by atoms with E-state index in [2.05, 4.69) is 485 Å². The molecule has 11 nitrogen and oxygen atoms in total. The number of hydrogen-bond donors (Lipinski definition) is 0. The highest BCUT2D eigenvalue weighted by atomic mass is 32.1. The average molecular weight is 1850 g/mol. The molecule has 31 aromatic rings. The van der Waals surface area contributed by atoms with Crippen LogP contribution in [-0.2, 0) is 0 Å². The van der Waals surface area contributed by atoms with Crippen molar-refractivity contribution in [2.75, 3.05) is 0 Å². The second-order valence-electron chi connectivity index (χ2n) is 37.1. The summed E-state index contributed by atoms with van der Waals surface area (Å²) in [5.41, 5.74) is 27.0. The molecule has 0 amide bonds. The lowest BCUT2D eigenvalue weighted by Gasteiger charge is -2.15. The summed E-state index contributed by atoms with van der Waals surface area (Å²) in [6.45, 7) is 0. The fourth-order valence-corrected chi connectivity index (χ4v) is 23.4. The van der Waals surface area contributed by atoms with Gasteiger partial charge >= 0.3 is 0 Å². The van der Waals surface area contributed by atoms with Gasteiger partial charge in [-0.1, -0.05) is 358 Å². The van der Waals surface area contributed by atoms with Crippen LogP contribution < -0.4 is 0 Å². The summed E-state index contributed by atoms with van der Waals surface area (Å²) >= 11 is 1.83. The van der Waals surface area contributed by atoms with Crippen molar-refractivity contribution < 1.29 is 4.42 Å². The van der Waals surface area contributed by atoms with E-state index < -0.39 is 0 Å². The zero-order valence-corrected chi connectivity index (χ0v) is 78.3. The van der Waals surface area contributed by atoms with Gasteiger partial charge in [0.1, 0.15) is 11.2 Å². The minimum absolute atomic E-state index is 0.627. The number of para-hydroxylation sites is 8. The molecule has 0 radical (unpaired) electrons. The fourth-order valence-electron chi connectivity index (χ4n) is 22.2. The molecule has 9 aromatic heterocycles. The summed E-state index contributed by atoms with van der Waals surface area (Å²) in [4.78, 5) is 32.6. The topological polar surface area (TPSA) is 110 Å². The Morgan fingerprint density at radius 1 is 0.188 bits per heavy atom. The molecular formula is C132H80N10OS. The Balaban J connectivity index is 0.000000103. The van der Waals surface area contributed by atoms with E-state index >= 15 is 0 Å². The van der Waals surface area contributed by atoms with Crippen molar-refractivity contribution in [3.8, 4) is 90.7 Å². The summed E-state index contributed by atoms with van der Waals surface area (Å²) in [6, 6.07) is 172. The molecule has 22 aromatic carbocycles. The minimum Gasteiger partial charge on any atom is -0.455 e. The summed E-state index contributed by atoms with van der Waals surface area (Å²) in [6.07, 6.45) is 0. The lowest BCUT2D eigenvalue weighted by Crippen LogP contribution is -2.04. The van der Waals surface area contributed by atoms with E-state index in [0.29, 0.717) is 17.8 Å². The Labute approximate surface area is 828 Å². The maximum Gasteiger partial charge on any atom is 0.235 e. The van der Waals surface area contributed by atoms with Crippen LogP contribution >= 0.6 is 11.3 Å². The quantitative estimate of drug-likeness (QED) is 0.134. The Morgan fingerprint density at radius 3 is 0.965 bits per heavy atom. The van der Waals surface area contributed by atoms with Gasteiger partial charge in [0.2, 0.25) is 17.8 Å². The van der Waals surface area contributed by atoms with Crippen LogP contribution in [0.25, 0.3) is 285 Å². The van der Waals surface area contributed by atoms with Crippen LogP contribution in [0.5, 0.6) is 0 Å². The van der Waals surface area contributed by atoms with Gasteiger partial charge in [-0.3, -0.25) is 13.7 Å². The smallest absolute Gasteiger partial charge is 0.235 e. The number of fused-ring (bicyclic) bond motifs is 24. The third-order valence-corrected chi connectivity index (χ3v) is 30.1. The molecule has 0 aliphatic carbocycles. The summed E-state index contributed by atoms with van der Waals surface area (Å²) < 4.78 is 18.2. The standard InChI is InChI=1S/C48H30N4.C42H25N3O.C42H25N3S/c1-3-14-31(15-4-1)34-26-27-39-42(29-34)49-48(52-44-25-12-10-21-37(44)41-28-32-16-7-8-17-33(32)30-45(41)52)50-46(39)40-23-13-22-38-36-20-9-11-24-43(36)51(47(38)40)35-18-5-2-6-19-35;2*1-2-11-26(12-3-1)29-21-22-33-36(24-29)43-42(44-40(33)34-18-10-17-32-31-16-7-9-20-39(31)46-41(32)34)45-37-19-8-6-15-30(37)35-23-27-13-4-5-14-28(27)25-38(35)45/h1-30H;2*1-25H. The number of aromatic nitrogens is 10. The molecule has 144 heavy (non-hydrogen) atoms. The molecule has 670 valence electrons. The number of thiophene rings is 1. The molecule has 0 unspecified atom stereocenters. The first-order valence-corrected chi connectivity index (χ1v) is 49.5. The zero-order chi connectivity index (χ0) is 94.6. The molecule has 0 atom stereocenters. The van der Waals surface area contributed by atoms with Gasteiger partial charge in [-0.2, -0.15) is 0 Å². The van der Waals surface area contributed by atoms with Gasteiger partial charge in [-0.15, -0.1) is 11.3 Å². The Bertz CT molecular complexity index is 10300. The van der Waals surface area contributed by atoms with Crippen molar-refractivity contribution in [2.24, 2.45) is 0 Å². The molecule has 0 spiro atoms. The van der Waals surface area contributed by atoms with E-state index in [1.54, 1.807) is 0 Å². The summed E-state index contributed by atoms with van der Waals surface area (Å²) in [5.74, 6) is 1.95. The number of nitrogens with zero attached hydrogens (tertiary/aromatic N) is 10. The van der Waals surface area contributed by atoms with Crippen LogP contribution in [0.2, 0.25) is 0 Å². The predicted octanol–water partition coefficient (Wildman–Crippen LogP) is 35.0. The highest BCUT2D eigenvalue weighted by Crippen LogP contribution is 2.48. The maximum absolute atomic E-state index is 6.53. The SMILES string of the molecule is c1ccc(-c2ccc3c(-c4cccc5c4oc4ccccc45)nc(-n4c5ccccc5c5cc6ccccc6cc54)nc3c2)cc1.c1ccc(-c2ccc3c(-c4cccc5c4sc4ccccc45)nc(-n4c5ccccc5c5cc6ccccc6cc54)nc3c2)cc1.c1ccc(-c2ccc3c(-c4cccc5c6ccccc6n(-c6ccccc6)c45)nc(-n4c5ccccc5c5cc6ccccc6cc54)nc3c2)cc1. The van der Waals surface area contributed by atoms with Crippen LogP contribution in [0.3, 0.4) is 0 Å². The predicted molar refractivity (Wildman–Crippen MR) is 601 cm³/mol. The van der Waals surface area contributed by atoms with Gasteiger partial charge in [0.25, 0.3) is 0 Å². The summed E-state index contributed by atoms with van der Waals surface area (Å²) in [7, 11) is 0. The van der Waals surface area contributed by atoms with Crippen LogP contribution in [-0.4, -0.2) is 48.2 Å². The second kappa shape index (κ2) is 33.3. The molecule has 0 aliphatic rings. The number of rotatable bonds is 10. The fraction of sp³-hybridized carbons (Fsp3) is 0. The number of hydrogen-bond acceptors (Lipinski definition) is 8. The first-order chi connectivity index (χ1) is 71.4. The lowest BCUT2D eigenvalue weighted by atomic mass is 9.99. The van der Waals surface area contributed by atoms with Gasteiger partial charge in [0.15, 0.2) is 0 Å². The Kier molecular flexibility index (Phi) is 19.0. The molecule has 31 rings (SSSR count). The van der Waals surface area contributed by atoms with E-state index in [9.17, 15) is 0 Å². The van der Waals surface area contributed by atoms with E-state index in [1.807, 2.05) is 29.5 Å². The Morgan fingerprint density at radius 2 is 0.514 bits per heavy atom. The third-order valence-electron chi connectivity index (χ3n) is 28.9. The number of benzene rings is 22. The van der Waals surface area contributed by atoms with Gasteiger partial charge in [0, 0.05) is 113 Å². The van der Waals surface area contributed by atoms with Crippen LogP contribution in [0.15, 0.2) is 490 Å². The van der Waals surface area contributed by atoms with Crippen molar-refractivity contribution in [1.29, 1.82) is 0 Å². The van der Waals surface area contributed by atoms with E-state index in [1.165, 1.54) is 101 Å². The van der Waals surface area contributed by atoms with Crippen molar-refractivity contribution in [3.63, 3.8) is 0 Å². The monoisotopic (exact) mass is 1850 g/mol. The maximum atomic E-state index is 6.53. The van der Waals surface area contributed by atoms with Crippen molar-refractivity contribution in [3.05, 3.63) is 485 Å². The van der Waals surface area contributed by atoms with Gasteiger partial charge in [-0.25, -0.2) is 29.9 Å². The Hall–Kier alpha value is -19.1. The van der Waals surface area contributed by atoms with Gasteiger partial charge in [0.05, 0.1) is 77.8 Å². The summed E-state index contributed by atoms with van der Waals surface area (Å²) in [5, 5.41) is 24.4. The minimum atomic E-state index is 0.627. The second-order valence-corrected chi connectivity index (χ2v) is 38.1. The molecule has 0 N–H and O–H groups in total. The largest absolute Gasteiger partial charge is 0.455 e.